The summed E-state index contributed by atoms with van der Waals surface area (Å²) in [5.74, 6) is 0.313. The van der Waals surface area contributed by atoms with Gasteiger partial charge >= 0.3 is 6.03 Å². The number of halogens is 1. The molecular weight excluding hydrogens is 568 g/mol. The monoisotopic (exact) mass is 600 g/mol. The van der Waals surface area contributed by atoms with Gasteiger partial charge in [0, 0.05) is 36.0 Å². The summed E-state index contributed by atoms with van der Waals surface area (Å²) in [6, 6.07) is 4.71. The Balaban J connectivity index is 1.14. The van der Waals surface area contributed by atoms with E-state index >= 15 is 0 Å². The molecule has 6 rings (SSSR count). The first-order valence-corrected chi connectivity index (χ1v) is 14.9. The third kappa shape index (κ3) is 5.27. The van der Waals surface area contributed by atoms with Crippen LogP contribution >= 0.6 is 23.4 Å². The molecule has 4 aliphatic rings. The molecule has 4 aliphatic heterocycles. The molecule has 1 unspecified atom stereocenters. The van der Waals surface area contributed by atoms with E-state index in [9.17, 15) is 14.7 Å². The van der Waals surface area contributed by atoms with Crippen molar-refractivity contribution in [3.8, 4) is 0 Å². The SMILES string of the molecule is Nc1nc(N2CCC3(CC2)COCC3N)cnc1Sc1cccc(NC(=O)N2C(O)=CC(=O)N3CCCC[C@@H]32)c1Cl. The van der Waals surface area contributed by atoms with Crippen molar-refractivity contribution in [2.24, 2.45) is 11.1 Å². The lowest BCUT2D eigenvalue weighted by molar-refractivity contribution is -0.135. The van der Waals surface area contributed by atoms with E-state index in [4.69, 9.17) is 27.8 Å². The highest BCUT2D eigenvalue weighted by Crippen LogP contribution is 2.41. The first-order valence-electron chi connectivity index (χ1n) is 13.7. The zero-order valence-corrected chi connectivity index (χ0v) is 24.0. The predicted molar refractivity (Wildman–Crippen MR) is 156 cm³/mol. The van der Waals surface area contributed by atoms with Crippen molar-refractivity contribution in [2.45, 2.75) is 54.2 Å². The second-order valence-corrected chi connectivity index (χ2v) is 12.3. The maximum Gasteiger partial charge on any atom is 0.330 e. The van der Waals surface area contributed by atoms with Crippen molar-refractivity contribution in [1.82, 2.24) is 19.8 Å². The van der Waals surface area contributed by atoms with Gasteiger partial charge in [0.25, 0.3) is 5.91 Å². The second kappa shape index (κ2) is 11.2. The van der Waals surface area contributed by atoms with Crippen molar-refractivity contribution in [2.75, 3.05) is 48.8 Å². The number of urea groups is 1. The largest absolute Gasteiger partial charge is 0.494 e. The number of nitrogens with two attached hydrogens (primary N) is 2. The molecule has 0 aliphatic carbocycles. The van der Waals surface area contributed by atoms with Crippen LogP contribution in [0, 0.1) is 5.41 Å². The van der Waals surface area contributed by atoms with Crippen molar-refractivity contribution in [1.29, 1.82) is 0 Å². The maximum atomic E-state index is 13.3. The van der Waals surface area contributed by atoms with Gasteiger partial charge in [-0.2, -0.15) is 0 Å². The molecule has 0 bridgehead atoms. The highest BCUT2D eigenvalue weighted by atomic mass is 35.5. The van der Waals surface area contributed by atoms with Gasteiger partial charge in [-0.25, -0.2) is 19.7 Å². The third-order valence-electron chi connectivity index (χ3n) is 8.49. The molecule has 14 heteroatoms. The Morgan fingerprint density at radius 1 is 1.24 bits per heavy atom. The zero-order chi connectivity index (χ0) is 28.7. The van der Waals surface area contributed by atoms with E-state index in [1.54, 1.807) is 29.3 Å². The summed E-state index contributed by atoms with van der Waals surface area (Å²) >= 11 is 7.95. The third-order valence-corrected chi connectivity index (χ3v) is 10.1. The summed E-state index contributed by atoms with van der Waals surface area (Å²) in [6.45, 7) is 3.47. The van der Waals surface area contributed by atoms with Gasteiger partial charge in [-0.1, -0.05) is 29.4 Å². The Labute approximate surface area is 247 Å². The maximum absolute atomic E-state index is 13.3. The summed E-state index contributed by atoms with van der Waals surface area (Å²) < 4.78 is 5.62. The fourth-order valence-corrected chi connectivity index (χ4v) is 7.14. The second-order valence-electron chi connectivity index (χ2n) is 10.9. The number of hydrogen-bond donors (Lipinski definition) is 4. The number of aliphatic hydroxyl groups excluding tert-OH is 1. The number of benzene rings is 1. The molecular formula is C27H33ClN8O4S. The van der Waals surface area contributed by atoms with Crippen LogP contribution in [0.3, 0.4) is 0 Å². The highest BCUT2D eigenvalue weighted by Gasteiger charge is 2.44. The minimum absolute atomic E-state index is 0.0404. The lowest BCUT2D eigenvalue weighted by Crippen LogP contribution is -2.58. The first-order chi connectivity index (χ1) is 19.8. The number of aliphatic hydroxyl groups is 1. The number of nitrogens with zero attached hydrogens (tertiary/aromatic N) is 5. The number of nitrogens with one attached hydrogen (secondary N) is 1. The van der Waals surface area contributed by atoms with Gasteiger partial charge in [0.15, 0.2) is 5.82 Å². The Kier molecular flexibility index (Phi) is 7.62. The molecule has 0 radical (unpaired) electrons. The van der Waals surface area contributed by atoms with Crippen LogP contribution in [0.4, 0.5) is 22.1 Å². The molecule has 3 amide bonds. The minimum atomic E-state index is -0.579. The van der Waals surface area contributed by atoms with Crippen LogP contribution in [0.5, 0.6) is 0 Å². The number of anilines is 3. The highest BCUT2D eigenvalue weighted by molar-refractivity contribution is 7.99. The van der Waals surface area contributed by atoms with Crippen LogP contribution in [0.1, 0.15) is 32.1 Å². The number of nitrogen functional groups attached to an aromatic ring is 1. The van der Waals surface area contributed by atoms with Crippen LogP contribution in [0.25, 0.3) is 0 Å². The number of hydrogen-bond acceptors (Lipinski definition) is 10. The van der Waals surface area contributed by atoms with Crippen LogP contribution in [0.2, 0.25) is 5.02 Å². The lowest BCUT2D eigenvalue weighted by atomic mass is 9.75. The molecule has 1 aromatic carbocycles. The number of piperidine rings is 2. The van der Waals surface area contributed by atoms with Crippen LogP contribution in [-0.2, 0) is 9.53 Å². The number of aromatic nitrogens is 2. The fourth-order valence-electron chi connectivity index (χ4n) is 6.04. The molecule has 1 spiro atoms. The summed E-state index contributed by atoms with van der Waals surface area (Å²) in [4.78, 5) is 40.4. The average Bonchev–Trinajstić information content (AvgIpc) is 3.31. The van der Waals surface area contributed by atoms with E-state index in [1.807, 2.05) is 0 Å². The molecule has 6 N–H and O–H groups in total. The smallest absolute Gasteiger partial charge is 0.330 e. The van der Waals surface area contributed by atoms with Crippen LogP contribution in [0.15, 0.2) is 46.3 Å². The Morgan fingerprint density at radius 3 is 2.78 bits per heavy atom. The standard InChI is InChI=1S/C27H33ClN8O4S/c28-23-16(32-26(39)36-20-6-1-2-9-35(20)21(37)12-22(36)38)4-3-5-17(23)41-25-24(30)33-19(13-31-25)34-10-7-27(8-11-34)15-40-14-18(27)29/h3-5,12-13,18,20,38H,1-2,6-11,14-15,29H2,(H2,30,33)(H,32,39)/t18?,20-/m0/s1. The van der Waals surface area contributed by atoms with Crippen LogP contribution in [-0.4, -0.2) is 81.9 Å². The normalized spacial score (nSPS) is 23.9. The fraction of sp³-hybridized carbons (Fsp3) is 0.481. The number of ether oxygens (including phenoxy) is 1. The van der Waals surface area contributed by atoms with Crippen molar-refractivity contribution in [3.63, 3.8) is 0 Å². The minimum Gasteiger partial charge on any atom is -0.494 e. The molecule has 5 heterocycles. The molecule has 2 atom stereocenters. The molecule has 0 saturated carbocycles. The van der Waals surface area contributed by atoms with Crippen molar-refractivity contribution >= 4 is 52.6 Å². The van der Waals surface area contributed by atoms with Gasteiger partial charge in [-0.15, -0.1) is 0 Å². The van der Waals surface area contributed by atoms with E-state index in [-0.39, 0.29) is 29.1 Å². The van der Waals surface area contributed by atoms with Crippen molar-refractivity contribution in [3.05, 3.63) is 41.4 Å². The van der Waals surface area contributed by atoms with E-state index in [1.165, 1.54) is 16.7 Å². The van der Waals surface area contributed by atoms with Crippen molar-refractivity contribution < 1.29 is 19.4 Å². The molecule has 41 heavy (non-hydrogen) atoms. The van der Waals surface area contributed by atoms with Gasteiger partial charge in [0.1, 0.15) is 17.0 Å². The lowest BCUT2D eigenvalue weighted by Gasteiger charge is -2.43. The van der Waals surface area contributed by atoms with Gasteiger partial charge in [0.2, 0.25) is 5.88 Å². The van der Waals surface area contributed by atoms with Gasteiger partial charge < -0.3 is 36.4 Å². The summed E-state index contributed by atoms with van der Waals surface area (Å²) in [5.41, 5.74) is 13.0. The van der Waals surface area contributed by atoms with Gasteiger partial charge in [-0.05, 0) is 44.2 Å². The first kappa shape index (κ1) is 27.9. The molecule has 12 nitrogen and oxygen atoms in total. The molecule has 3 fully saturated rings. The number of carbonyl (C=O) groups is 2. The number of amides is 3. The molecule has 218 valence electrons. The topological polar surface area (TPSA) is 163 Å². The number of rotatable bonds is 4. The number of carbonyl (C=O) groups excluding carboxylic acids is 2. The van der Waals surface area contributed by atoms with Crippen LogP contribution < -0.4 is 21.7 Å². The quantitative estimate of drug-likeness (QED) is 0.409. The Hall–Kier alpha value is -3.26. The summed E-state index contributed by atoms with van der Waals surface area (Å²) in [7, 11) is 0. The number of fused-ring (bicyclic) bond motifs is 1. The average molecular weight is 601 g/mol. The Bertz CT molecular complexity index is 1390. The summed E-state index contributed by atoms with van der Waals surface area (Å²) in [6.07, 6.45) is 6.38. The predicted octanol–water partition coefficient (Wildman–Crippen LogP) is 3.39. The molecule has 2 aromatic rings. The van der Waals surface area contributed by atoms with Gasteiger partial charge in [-0.3, -0.25) is 4.79 Å². The van der Waals surface area contributed by atoms with Gasteiger partial charge in [0.05, 0.1) is 36.2 Å². The zero-order valence-electron chi connectivity index (χ0n) is 22.5. The van der Waals surface area contributed by atoms with E-state index in [0.717, 1.165) is 44.8 Å². The van der Waals surface area contributed by atoms with E-state index < -0.39 is 12.2 Å². The Morgan fingerprint density at radius 2 is 2.05 bits per heavy atom. The van der Waals surface area contributed by atoms with E-state index in [0.29, 0.717) is 52.6 Å². The molecule has 1 aromatic heterocycles. The molecule has 3 saturated heterocycles. The summed E-state index contributed by atoms with van der Waals surface area (Å²) in [5, 5.41) is 14.0. The van der Waals surface area contributed by atoms with E-state index in [2.05, 4.69) is 20.2 Å².